The number of hydrogen-bond acceptors (Lipinski definition) is 3. The molecule has 0 spiro atoms. The van der Waals surface area contributed by atoms with Crippen molar-refractivity contribution >= 4 is 22.9 Å². The Morgan fingerprint density at radius 2 is 1.92 bits per heavy atom. The molecular weight excluding hydrogens is 342 g/mol. The van der Waals surface area contributed by atoms with Gasteiger partial charge in [0.2, 0.25) is 0 Å². The Bertz CT molecular complexity index is 815. The van der Waals surface area contributed by atoms with Crippen LogP contribution in [0.5, 0.6) is 5.75 Å². The number of unbranched alkanes of at least 4 members (excludes halogenated alkanes) is 1. The fraction of sp³-hybridized carbons (Fsp3) is 0.227. The summed E-state index contributed by atoms with van der Waals surface area (Å²) in [5, 5.41) is 4.98. The fourth-order valence-electron chi connectivity index (χ4n) is 2.72. The highest BCUT2D eigenvalue weighted by molar-refractivity contribution is 7.10. The Balaban J connectivity index is 1.72. The second-order valence-electron chi connectivity index (χ2n) is 6.11. The number of rotatable bonds is 8. The average molecular weight is 365 g/mol. The number of nitrogens with one attached hydrogen (secondary N) is 1. The lowest BCUT2D eigenvalue weighted by Crippen LogP contribution is -2.12. The molecule has 4 heteroatoms. The fourth-order valence-corrected chi connectivity index (χ4v) is 3.51. The zero-order valence-electron chi connectivity index (χ0n) is 14.9. The summed E-state index contributed by atoms with van der Waals surface area (Å²) in [6.45, 7) is 2.18. The van der Waals surface area contributed by atoms with E-state index in [-0.39, 0.29) is 12.0 Å². The van der Waals surface area contributed by atoms with Gasteiger partial charge in [-0.25, -0.2) is 0 Å². The number of hydrogen-bond donors (Lipinski definition) is 1. The van der Waals surface area contributed by atoms with Gasteiger partial charge < -0.3 is 10.1 Å². The topological polar surface area (TPSA) is 38.3 Å². The van der Waals surface area contributed by atoms with Crippen molar-refractivity contribution in [1.82, 2.24) is 0 Å². The molecule has 3 aromatic rings. The first-order chi connectivity index (χ1) is 12.8. The molecule has 1 aromatic heterocycles. The van der Waals surface area contributed by atoms with E-state index in [2.05, 4.69) is 23.7 Å². The number of benzene rings is 2. The van der Waals surface area contributed by atoms with E-state index < -0.39 is 0 Å². The second-order valence-corrected chi connectivity index (χ2v) is 7.09. The maximum atomic E-state index is 12.5. The van der Waals surface area contributed by atoms with Gasteiger partial charge in [0.15, 0.2) is 0 Å². The van der Waals surface area contributed by atoms with Crippen LogP contribution in [0.25, 0.3) is 0 Å². The van der Waals surface area contributed by atoms with Crippen LogP contribution in [0, 0.1) is 0 Å². The third-order valence-electron chi connectivity index (χ3n) is 4.09. The number of carbonyl (C=O) groups is 1. The van der Waals surface area contributed by atoms with Crippen LogP contribution in [0.4, 0.5) is 5.69 Å². The molecule has 0 radical (unpaired) electrons. The van der Waals surface area contributed by atoms with Gasteiger partial charge in [-0.3, -0.25) is 4.79 Å². The van der Waals surface area contributed by atoms with Gasteiger partial charge in [0.25, 0.3) is 5.91 Å². The minimum absolute atomic E-state index is 0.0300. The molecule has 134 valence electrons. The molecule has 0 aliphatic carbocycles. The van der Waals surface area contributed by atoms with Crippen LogP contribution < -0.4 is 10.1 Å². The molecular formula is C22H23NO2S. The van der Waals surface area contributed by atoms with Crippen LogP contribution in [0.15, 0.2) is 72.1 Å². The van der Waals surface area contributed by atoms with Gasteiger partial charge >= 0.3 is 0 Å². The van der Waals surface area contributed by atoms with Crippen molar-refractivity contribution in [2.24, 2.45) is 0 Å². The third kappa shape index (κ3) is 4.96. The van der Waals surface area contributed by atoms with E-state index in [0.29, 0.717) is 5.56 Å². The second kappa shape index (κ2) is 9.20. The SMILES string of the molecule is CCCCC(Oc1cccc(C(=O)Nc2ccccc2)c1)c1cccs1. The highest BCUT2D eigenvalue weighted by Crippen LogP contribution is 2.30. The highest BCUT2D eigenvalue weighted by atomic mass is 32.1. The van der Waals surface area contributed by atoms with Gasteiger partial charge in [0.1, 0.15) is 11.9 Å². The molecule has 3 rings (SSSR count). The Morgan fingerprint density at radius 1 is 1.08 bits per heavy atom. The van der Waals surface area contributed by atoms with Crippen LogP contribution in [0.1, 0.15) is 47.5 Å². The van der Waals surface area contributed by atoms with E-state index in [1.807, 2.05) is 54.6 Å². The molecule has 3 nitrogen and oxygen atoms in total. The van der Waals surface area contributed by atoms with E-state index in [1.54, 1.807) is 17.4 Å². The van der Waals surface area contributed by atoms with Gasteiger partial charge in [-0.2, -0.15) is 0 Å². The zero-order valence-corrected chi connectivity index (χ0v) is 15.7. The smallest absolute Gasteiger partial charge is 0.255 e. The van der Waals surface area contributed by atoms with Gasteiger partial charge in [-0.15, -0.1) is 11.3 Å². The monoisotopic (exact) mass is 365 g/mol. The van der Waals surface area contributed by atoms with Crippen LogP contribution in [-0.4, -0.2) is 5.91 Å². The molecule has 0 aliphatic heterocycles. The standard InChI is InChI=1S/C22H23NO2S/c1-2-3-13-20(21-14-8-15-26-21)25-19-12-7-9-17(16-19)22(24)23-18-10-5-4-6-11-18/h4-12,14-16,20H,2-3,13H2,1H3,(H,23,24). The Labute approximate surface area is 158 Å². The number of anilines is 1. The molecule has 1 N–H and O–H groups in total. The van der Waals surface area contributed by atoms with Crippen molar-refractivity contribution in [2.75, 3.05) is 5.32 Å². The van der Waals surface area contributed by atoms with Crippen LogP contribution >= 0.6 is 11.3 Å². The number of para-hydroxylation sites is 1. The molecule has 0 fully saturated rings. The lowest BCUT2D eigenvalue weighted by atomic mass is 10.1. The number of carbonyl (C=O) groups excluding carboxylic acids is 1. The summed E-state index contributed by atoms with van der Waals surface area (Å²) in [6.07, 6.45) is 3.24. The highest BCUT2D eigenvalue weighted by Gasteiger charge is 2.15. The largest absolute Gasteiger partial charge is 0.485 e. The van der Waals surface area contributed by atoms with Crippen molar-refractivity contribution < 1.29 is 9.53 Å². The lowest BCUT2D eigenvalue weighted by molar-refractivity contribution is 0.102. The summed E-state index contributed by atoms with van der Waals surface area (Å²) in [5.41, 5.74) is 1.37. The number of ether oxygens (including phenoxy) is 1. The third-order valence-corrected chi connectivity index (χ3v) is 5.05. The van der Waals surface area contributed by atoms with E-state index in [4.69, 9.17) is 4.74 Å². The molecule has 0 saturated heterocycles. The summed E-state index contributed by atoms with van der Waals surface area (Å²) in [4.78, 5) is 13.7. The molecule has 1 heterocycles. The summed E-state index contributed by atoms with van der Waals surface area (Å²) in [6, 6.07) is 21.0. The van der Waals surface area contributed by atoms with Crippen LogP contribution in [0.3, 0.4) is 0 Å². The predicted molar refractivity (Wildman–Crippen MR) is 108 cm³/mol. The van der Waals surface area contributed by atoms with Crippen molar-refractivity contribution in [2.45, 2.75) is 32.3 Å². The van der Waals surface area contributed by atoms with Crippen molar-refractivity contribution in [3.63, 3.8) is 0 Å². The number of thiophene rings is 1. The first-order valence-corrected chi connectivity index (χ1v) is 9.80. The molecule has 1 unspecified atom stereocenters. The zero-order chi connectivity index (χ0) is 18.2. The van der Waals surface area contributed by atoms with Crippen molar-refractivity contribution in [3.05, 3.63) is 82.6 Å². The molecule has 1 atom stereocenters. The summed E-state index contributed by atoms with van der Waals surface area (Å²) in [7, 11) is 0. The van der Waals surface area contributed by atoms with Gasteiger partial charge in [0, 0.05) is 16.1 Å². The minimum atomic E-state index is -0.136. The molecule has 0 aliphatic rings. The summed E-state index contributed by atoms with van der Waals surface area (Å²) >= 11 is 1.71. The first-order valence-electron chi connectivity index (χ1n) is 8.93. The predicted octanol–water partition coefficient (Wildman–Crippen LogP) is 6.31. The van der Waals surface area contributed by atoms with E-state index in [9.17, 15) is 4.79 Å². The first kappa shape index (κ1) is 18.2. The Hall–Kier alpha value is -2.59. The molecule has 0 bridgehead atoms. The summed E-state index contributed by atoms with van der Waals surface area (Å²) in [5.74, 6) is 0.586. The van der Waals surface area contributed by atoms with Gasteiger partial charge in [0.05, 0.1) is 0 Å². The van der Waals surface area contributed by atoms with Gasteiger partial charge in [-0.05, 0) is 54.6 Å². The molecule has 2 aromatic carbocycles. The van der Waals surface area contributed by atoms with Gasteiger partial charge in [-0.1, -0.05) is 43.7 Å². The van der Waals surface area contributed by atoms with E-state index in [1.165, 1.54) is 4.88 Å². The van der Waals surface area contributed by atoms with E-state index in [0.717, 1.165) is 30.7 Å². The summed E-state index contributed by atoms with van der Waals surface area (Å²) < 4.78 is 6.23. The maximum absolute atomic E-state index is 12.5. The maximum Gasteiger partial charge on any atom is 0.255 e. The molecule has 26 heavy (non-hydrogen) atoms. The normalized spacial score (nSPS) is 11.7. The van der Waals surface area contributed by atoms with E-state index >= 15 is 0 Å². The Morgan fingerprint density at radius 3 is 2.65 bits per heavy atom. The average Bonchev–Trinajstić information content (AvgIpc) is 3.21. The number of amides is 1. The van der Waals surface area contributed by atoms with Crippen LogP contribution in [0.2, 0.25) is 0 Å². The van der Waals surface area contributed by atoms with Crippen molar-refractivity contribution in [1.29, 1.82) is 0 Å². The quantitative estimate of drug-likeness (QED) is 0.508. The lowest BCUT2D eigenvalue weighted by Gasteiger charge is -2.18. The minimum Gasteiger partial charge on any atom is -0.485 e. The molecule has 1 amide bonds. The van der Waals surface area contributed by atoms with Crippen molar-refractivity contribution in [3.8, 4) is 5.75 Å². The Kier molecular flexibility index (Phi) is 6.45. The van der Waals surface area contributed by atoms with Crippen LogP contribution in [-0.2, 0) is 0 Å². The molecule has 0 saturated carbocycles.